The van der Waals surface area contributed by atoms with Crippen LogP contribution in [0, 0.1) is 0 Å². The number of hydrogen-bond acceptors (Lipinski definition) is 8. The Morgan fingerprint density at radius 1 is 0.528 bits per heavy atom. The quantitative estimate of drug-likeness (QED) is 0.240. The van der Waals surface area contributed by atoms with E-state index in [9.17, 15) is 16.8 Å². The summed E-state index contributed by atoms with van der Waals surface area (Å²) in [5, 5.41) is 1.63. The lowest BCUT2D eigenvalue weighted by atomic mass is 9.96. The van der Waals surface area contributed by atoms with E-state index in [0.29, 0.717) is 11.0 Å². The van der Waals surface area contributed by atoms with Gasteiger partial charge in [-0.2, -0.15) is 16.8 Å². The molecule has 0 spiro atoms. The summed E-state index contributed by atoms with van der Waals surface area (Å²) < 4.78 is 70.4. The molecule has 36 heavy (non-hydrogen) atoms. The zero-order valence-corrected chi connectivity index (χ0v) is 19.8. The van der Waals surface area contributed by atoms with Crippen molar-refractivity contribution < 1.29 is 34.3 Å². The van der Waals surface area contributed by atoms with Crippen molar-refractivity contribution in [1.29, 1.82) is 0 Å². The molecule has 0 aliphatic rings. The van der Waals surface area contributed by atoms with Crippen LogP contribution in [-0.4, -0.2) is 35.9 Å². The Hall–Kier alpha value is -4.10. The Morgan fingerprint density at radius 3 is 1.22 bits per heavy atom. The molecule has 0 unspecified atom stereocenters. The molecule has 2 N–H and O–H groups in total. The summed E-state index contributed by atoms with van der Waals surface area (Å²) >= 11 is 0. The molecule has 0 amide bonds. The van der Waals surface area contributed by atoms with Gasteiger partial charge in [-0.05, 0) is 58.7 Å². The highest BCUT2D eigenvalue weighted by Gasteiger charge is 2.14. The van der Waals surface area contributed by atoms with Crippen LogP contribution in [-0.2, 0) is 20.8 Å². The second kappa shape index (κ2) is 8.84. The maximum Gasteiger partial charge on any atom is 0.446 e. The van der Waals surface area contributed by atoms with Crippen molar-refractivity contribution in [2.45, 2.75) is 0 Å². The van der Waals surface area contributed by atoms with Gasteiger partial charge in [0.1, 0.15) is 11.5 Å². The predicted molar refractivity (Wildman–Crippen MR) is 132 cm³/mol. The van der Waals surface area contributed by atoms with Crippen LogP contribution in [0.15, 0.2) is 85.2 Å². The Balaban J connectivity index is 1.58. The monoisotopic (exact) mass is 524 g/mol. The minimum absolute atomic E-state index is 0.0237. The fourth-order valence-corrected chi connectivity index (χ4v) is 4.66. The molecule has 3 aromatic carbocycles. The van der Waals surface area contributed by atoms with E-state index in [1.165, 1.54) is 24.3 Å². The van der Waals surface area contributed by atoms with Crippen molar-refractivity contribution in [3.8, 4) is 33.8 Å². The van der Waals surface area contributed by atoms with E-state index in [1.54, 1.807) is 36.7 Å². The van der Waals surface area contributed by atoms with Crippen LogP contribution >= 0.6 is 0 Å². The van der Waals surface area contributed by atoms with Crippen molar-refractivity contribution >= 4 is 42.6 Å². The van der Waals surface area contributed by atoms with Gasteiger partial charge < -0.3 is 8.37 Å². The van der Waals surface area contributed by atoms with Crippen LogP contribution in [0.4, 0.5) is 0 Å². The molecule has 0 radical (unpaired) electrons. The Labute approximate surface area is 205 Å². The van der Waals surface area contributed by atoms with E-state index in [0.717, 1.165) is 33.0 Å². The van der Waals surface area contributed by atoms with Gasteiger partial charge in [-0.25, -0.2) is 0 Å². The number of fused-ring (bicyclic) bond motifs is 3. The minimum Gasteiger partial charge on any atom is -0.362 e. The van der Waals surface area contributed by atoms with Gasteiger partial charge in [0, 0.05) is 23.2 Å². The Morgan fingerprint density at radius 2 is 0.889 bits per heavy atom. The molecule has 0 fully saturated rings. The zero-order valence-electron chi connectivity index (χ0n) is 18.1. The summed E-state index contributed by atoms with van der Waals surface area (Å²) in [4.78, 5) is 9.07. The minimum atomic E-state index is -4.61. The van der Waals surface area contributed by atoms with Gasteiger partial charge >= 0.3 is 20.8 Å². The van der Waals surface area contributed by atoms with Crippen LogP contribution in [0.2, 0.25) is 0 Å². The SMILES string of the molecule is O=S(=O)(O)Oc1ccc(-c2ccnc3c2ccc2c(-c4ccc(OS(=O)(=O)O)cc4)ccnc23)cc1. The maximum atomic E-state index is 10.9. The standard InChI is InChI=1S/C24H16N2O8S2/c27-35(28,29)33-17-5-1-15(2-6-17)19-11-13-25-23-21(19)9-10-22-20(12-14-26-24(22)23)16-3-7-18(8-4-16)34-36(30,31)32/h1-14H,(H,27,28,29)(H,30,31,32). The third-order valence-corrected chi connectivity index (χ3v) is 6.16. The average Bonchev–Trinajstić information content (AvgIpc) is 2.82. The lowest BCUT2D eigenvalue weighted by Gasteiger charge is -2.12. The molecule has 0 saturated carbocycles. The van der Waals surface area contributed by atoms with E-state index in [-0.39, 0.29) is 11.5 Å². The largest absolute Gasteiger partial charge is 0.446 e. The van der Waals surface area contributed by atoms with Gasteiger partial charge in [-0.15, -0.1) is 0 Å². The second-order valence-corrected chi connectivity index (χ2v) is 9.69. The lowest BCUT2D eigenvalue weighted by Crippen LogP contribution is -2.06. The van der Waals surface area contributed by atoms with E-state index in [1.807, 2.05) is 24.3 Å². The molecule has 0 bridgehead atoms. The highest BCUT2D eigenvalue weighted by molar-refractivity contribution is 7.81. The van der Waals surface area contributed by atoms with Crippen molar-refractivity contribution in [1.82, 2.24) is 9.97 Å². The van der Waals surface area contributed by atoms with E-state index in [2.05, 4.69) is 18.3 Å². The number of nitrogens with zero attached hydrogens (tertiary/aromatic N) is 2. The summed E-state index contributed by atoms with van der Waals surface area (Å²) in [6, 6.07) is 19.9. The van der Waals surface area contributed by atoms with Crippen LogP contribution in [0.3, 0.4) is 0 Å². The van der Waals surface area contributed by atoms with E-state index >= 15 is 0 Å². The van der Waals surface area contributed by atoms with Crippen molar-refractivity contribution in [3.63, 3.8) is 0 Å². The van der Waals surface area contributed by atoms with Gasteiger partial charge in [-0.1, -0.05) is 36.4 Å². The molecule has 0 aliphatic carbocycles. The van der Waals surface area contributed by atoms with Crippen LogP contribution in [0.5, 0.6) is 11.5 Å². The third kappa shape index (κ3) is 4.97. The average molecular weight is 525 g/mol. The second-order valence-electron chi connectivity index (χ2n) is 7.65. The maximum absolute atomic E-state index is 10.9. The zero-order chi connectivity index (χ0) is 25.5. The number of rotatable bonds is 6. The molecule has 2 heterocycles. The van der Waals surface area contributed by atoms with Gasteiger partial charge in [-0.3, -0.25) is 19.1 Å². The van der Waals surface area contributed by atoms with Crippen LogP contribution in [0.25, 0.3) is 44.1 Å². The Bertz CT molecular complexity index is 1690. The first-order chi connectivity index (χ1) is 17.1. The normalized spacial score (nSPS) is 12.1. The summed E-state index contributed by atoms with van der Waals surface area (Å²) in [7, 11) is -9.23. The van der Waals surface area contributed by atoms with E-state index < -0.39 is 20.8 Å². The van der Waals surface area contributed by atoms with Crippen molar-refractivity contribution in [3.05, 3.63) is 85.2 Å². The molecule has 0 atom stereocenters. The molecule has 2 aromatic heterocycles. The van der Waals surface area contributed by atoms with Crippen LogP contribution in [0.1, 0.15) is 0 Å². The Kier molecular flexibility index (Phi) is 5.80. The number of hydrogen-bond donors (Lipinski definition) is 2. The highest BCUT2D eigenvalue weighted by atomic mass is 32.3. The molecule has 182 valence electrons. The topological polar surface area (TPSA) is 153 Å². The van der Waals surface area contributed by atoms with Gasteiger partial charge in [0.25, 0.3) is 0 Å². The molecular formula is C24H16N2O8S2. The lowest BCUT2D eigenvalue weighted by molar-refractivity contribution is 0.384. The molecular weight excluding hydrogens is 508 g/mol. The number of benzene rings is 3. The molecule has 10 nitrogen and oxygen atoms in total. The van der Waals surface area contributed by atoms with Gasteiger partial charge in [0.15, 0.2) is 0 Å². The van der Waals surface area contributed by atoms with Crippen LogP contribution < -0.4 is 8.37 Å². The summed E-state index contributed by atoms with van der Waals surface area (Å²) in [5.41, 5.74) is 4.51. The fourth-order valence-electron chi connectivity index (χ4n) is 3.95. The first-order valence-electron chi connectivity index (χ1n) is 10.3. The predicted octanol–water partition coefficient (Wildman–Crippen LogP) is 4.48. The van der Waals surface area contributed by atoms with Gasteiger partial charge in [0.05, 0.1) is 11.0 Å². The first-order valence-corrected chi connectivity index (χ1v) is 13.0. The molecule has 12 heteroatoms. The molecule has 0 aliphatic heterocycles. The number of aromatic nitrogens is 2. The first kappa shape index (κ1) is 23.6. The fraction of sp³-hybridized carbons (Fsp3) is 0. The van der Waals surface area contributed by atoms with Crippen molar-refractivity contribution in [2.24, 2.45) is 0 Å². The summed E-state index contributed by atoms with van der Waals surface area (Å²) in [5.74, 6) is -0.0475. The summed E-state index contributed by atoms with van der Waals surface area (Å²) in [6.07, 6.45) is 3.30. The molecule has 0 saturated heterocycles. The van der Waals surface area contributed by atoms with E-state index in [4.69, 9.17) is 9.11 Å². The van der Waals surface area contributed by atoms with Gasteiger partial charge in [0.2, 0.25) is 0 Å². The highest BCUT2D eigenvalue weighted by Crippen LogP contribution is 2.35. The van der Waals surface area contributed by atoms with Crippen molar-refractivity contribution in [2.75, 3.05) is 0 Å². The molecule has 5 aromatic rings. The smallest absolute Gasteiger partial charge is 0.362 e. The molecule has 5 rings (SSSR count). The summed E-state index contributed by atoms with van der Waals surface area (Å²) in [6.45, 7) is 0. The number of pyridine rings is 2. The third-order valence-electron chi connectivity index (χ3n) is 5.35.